The van der Waals surface area contributed by atoms with Crippen molar-refractivity contribution < 1.29 is 14.3 Å². The van der Waals surface area contributed by atoms with Gasteiger partial charge in [-0.1, -0.05) is 41.9 Å². The van der Waals surface area contributed by atoms with Crippen LogP contribution in [-0.2, 0) is 9.59 Å². The number of nitrogens with one attached hydrogen (secondary N) is 1. The van der Waals surface area contributed by atoms with E-state index in [-0.39, 0.29) is 29.9 Å². The van der Waals surface area contributed by atoms with E-state index in [0.29, 0.717) is 17.9 Å². The summed E-state index contributed by atoms with van der Waals surface area (Å²) < 4.78 is 5.21. The Morgan fingerprint density at radius 2 is 1.74 bits per heavy atom. The highest BCUT2D eigenvalue weighted by atomic mass is 35.5. The predicted molar refractivity (Wildman–Crippen MR) is 104 cm³/mol. The van der Waals surface area contributed by atoms with Crippen LogP contribution in [-0.4, -0.2) is 18.8 Å². The van der Waals surface area contributed by atoms with Gasteiger partial charge in [0.05, 0.1) is 7.11 Å². The Kier molecular flexibility index (Phi) is 4.75. The van der Waals surface area contributed by atoms with Gasteiger partial charge in [0.15, 0.2) is 5.78 Å². The van der Waals surface area contributed by atoms with Crippen LogP contribution >= 0.6 is 11.6 Å². The van der Waals surface area contributed by atoms with Crippen LogP contribution in [0.15, 0.2) is 59.8 Å². The van der Waals surface area contributed by atoms with Gasteiger partial charge in [-0.25, -0.2) is 0 Å². The van der Waals surface area contributed by atoms with Gasteiger partial charge in [-0.05, 0) is 41.7 Å². The molecule has 5 heteroatoms. The lowest BCUT2D eigenvalue weighted by Gasteiger charge is -2.34. The van der Waals surface area contributed by atoms with E-state index in [9.17, 15) is 9.59 Å². The zero-order chi connectivity index (χ0) is 19.0. The number of ether oxygens (including phenoxy) is 1. The van der Waals surface area contributed by atoms with Gasteiger partial charge in [0, 0.05) is 35.1 Å². The van der Waals surface area contributed by atoms with Crippen molar-refractivity contribution in [1.82, 2.24) is 5.32 Å². The lowest BCUT2D eigenvalue weighted by molar-refractivity contribution is -0.122. The van der Waals surface area contributed by atoms with E-state index in [1.165, 1.54) is 0 Å². The van der Waals surface area contributed by atoms with E-state index in [1.807, 2.05) is 48.5 Å². The average molecular weight is 382 g/mol. The van der Waals surface area contributed by atoms with Crippen LogP contribution in [0, 0.1) is 0 Å². The summed E-state index contributed by atoms with van der Waals surface area (Å²) in [6.07, 6.45) is 1.31. The number of hydrogen-bond donors (Lipinski definition) is 1. The first-order valence-electron chi connectivity index (χ1n) is 9.01. The summed E-state index contributed by atoms with van der Waals surface area (Å²) in [4.78, 5) is 25.4. The second-order valence-electron chi connectivity index (χ2n) is 7.02. The Balaban J connectivity index is 1.70. The largest absolute Gasteiger partial charge is 0.497 e. The first-order valence-corrected chi connectivity index (χ1v) is 9.39. The monoisotopic (exact) mass is 381 g/mol. The van der Waals surface area contributed by atoms with Gasteiger partial charge >= 0.3 is 0 Å². The summed E-state index contributed by atoms with van der Waals surface area (Å²) >= 11 is 6.34. The molecular weight excluding hydrogens is 362 g/mol. The first-order chi connectivity index (χ1) is 13.1. The van der Waals surface area contributed by atoms with E-state index >= 15 is 0 Å². The maximum Gasteiger partial charge on any atom is 0.225 e. The summed E-state index contributed by atoms with van der Waals surface area (Å²) in [6.45, 7) is 0. The molecule has 27 heavy (non-hydrogen) atoms. The lowest BCUT2D eigenvalue weighted by Crippen LogP contribution is -2.38. The number of carbonyl (C=O) groups is 2. The molecule has 0 bridgehead atoms. The second-order valence-corrected chi connectivity index (χ2v) is 7.43. The van der Waals surface area contributed by atoms with Gasteiger partial charge in [0.25, 0.3) is 0 Å². The Bertz CT molecular complexity index is 933. The van der Waals surface area contributed by atoms with Crippen molar-refractivity contribution in [2.24, 2.45) is 0 Å². The van der Waals surface area contributed by atoms with Crippen molar-refractivity contribution in [2.45, 2.75) is 31.1 Å². The Morgan fingerprint density at radius 3 is 2.44 bits per heavy atom. The highest BCUT2D eigenvalue weighted by Crippen LogP contribution is 2.43. The topological polar surface area (TPSA) is 55.4 Å². The van der Waals surface area contributed by atoms with E-state index in [4.69, 9.17) is 16.3 Å². The molecule has 0 saturated carbocycles. The van der Waals surface area contributed by atoms with Crippen LogP contribution in [0.2, 0.25) is 5.02 Å². The quantitative estimate of drug-likeness (QED) is 0.859. The molecule has 0 saturated heterocycles. The van der Waals surface area contributed by atoms with E-state index < -0.39 is 0 Å². The van der Waals surface area contributed by atoms with Crippen LogP contribution in [0.1, 0.15) is 42.2 Å². The van der Waals surface area contributed by atoms with Gasteiger partial charge in [0.1, 0.15) is 5.75 Å². The minimum Gasteiger partial charge on any atom is -0.497 e. The molecule has 0 spiro atoms. The molecule has 1 heterocycles. The van der Waals surface area contributed by atoms with Gasteiger partial charge < -0.3 is 10.1 Å². The Morgan fingerprint density at radius 1 is 1.00 bits per heavy atom. The Labute approximate surface area is 163 Å². The molecule has 2 aromatic carbocycles. The standard InChI is InChI=1S/C22H20ClNO3/c1-27-15-8-6-13(7-9-15)17-12-21(26)24-19-10-14(11-20(25)22(17)19)16-4-2-3-5-18(16)23/h2-9,14,17H,10-12H2,1H3,(H,24,26). The third-order valence-corrected chi connectivity index (χ3v) is 5.74. The summed E-state index contributed by atoms with van der Waals surface area (Å²) in [5.41, 5.74) is 3.40. The van der Waals surface area contributed by atoms with E-state index in [1.54, 1.807) is 7.11 Å². The fourth-order valence-electron chi connectivity index (χ4n) is 4.11. The molecule has 0 aromatic heterocycles. The fourth-order valence-corrected chi connectivity index (χ4v) is 4.40. The van der Waals surface area contributed by atoms with Crippen LogP contribution in [0.3, 0.4) is 0 Å². The molecular formula is C22H20ClNO3. The molecule has 0 radical (unpaired) electrons. The van der Waals surface area contributed by atoms with Crippen LogP contribution in [0.5, 0.6) is 5.75 Å². The number of halogens is 1. The van der Waals surface area contributed by atoms with Crippen LogP contribution in [0.4, 0.5) is 0 Å². The van der Waals surface area contributed by atoms with E-state index in [0.717, 1.165) is 28.1 Å². The number of amides is 1. The number of benzene rings is 2. The molecule has 1 amide bonds. The number of carbonyl (C=O) groups excluding carboxylic acids is 2. The fraction of sp³-hybridized carbons (Fsp3) is 0.273. The van der Waals surface area contributed by atoms with Gasteiger partial charge in [-0.2, -0.15) is 0 Å². The van der Waals surface area contributed by atoms with Crippen molar-refractivity contribution in [3.8, 4) is 5.75 Å². The third kappa shape index (κ3) is 3.37. The first kappa shape index (κ1) is 17.8. The lowest BCUT2D eigenvalue weighted by atomic mass is 9.73. The predicted octanol–water partition coefficient (Wildman–Crippen LogP) is 4.35. The molecule has 1 aliphatic heterocycles. The van der Waals surface area contributed by atoms with E-state index in [2.05, 4.69) is 5.32 Å². The molecule has 2 unspecified atom stereocenters. The smallest absolute Gasteiger partial charge is 0.225 e. The molecule has 0 fully saturated rings. The molecule has 4 rings (SSSR count). The van der Waals surface area contributed by atoms with Crippen molar-refractivity contribution in [3.63, 3.8) is 0 Å². The number of hydrogen-bond acceptors (Lipinski definition) is 3. The van der Waals surface area contributed by atoms with Crippen LogP contribution < -0.4 is 10.1 Å². The van der Waals surface area contributed by atoms with Crippen molar-refractivity contribution in [1.29, 1.82) is 0 Å². The van der Waals surface area contributed by atoms with Gasteiger partial charge in [0.2, 0.25) is 5.91 Å². The zero-order valence-corrected chi connectivity index (χ0v) is 15.8. The molecule has 1 N–H and O–H groups in total. The average Bonchev–Trinajstić information content (AvgIpc) is 2.67. The number of Topliss-reactive ketones (excluding diaryl/α,β-unsaturated/α-hetero) is 1. The highest BCUT2D eigenvalue weighted by molar-refractivity contribution is 6.31. The normalized spacial score (nSPS) is 22.3. The van der Waals surface area contributed by atoms with Gasteiger partial charge in [-0.15, -0.1) is 0 Å². The SMILES string of the molecule is COc1ccc(C2CC(=O)NC3=C2C(=O)CC(c2ccccc2Cl)C3)cc1. The number of allylic oxidation sites excluding steroid dienone is 2. The maximum atomic E-state index is 13.1. The van der Waals surface area contributed by atoms with Crippen molar-refractivity contribution in [3.05, 3.63) is 76.0 Å². The molecule has 1 aliphatic carbocycles. The van der Waals surface area contributed by atoms with Crippen molar-refractivity contribution >= 4 is 23.3 Å². The molecule has 2 aliphatic rings. The number of ketones is 1. The molecule has 2 aromatic rings. The van der Waals surface area contributed by atoms with Crippen molar-refractivity contribution in [2.75, 3.05) is 7.11 Å². The van der Waals surface area contributed by atoms with Gasteiger partial charge in [-0.3, -0.25) is 9.59 Å². The highest BCUT2D eigenvalue weighted by Gasteiger charge is 2.38. The summed E-state index contributed by atoms with van der Waals surface area (Å²) in [7, 11) is 1.61. The minimum atomic E-state index is -0.209. The zero-order valence-electron chi connectivity index (χ0n) is 15.0. The minimum absolute atomic E-state index is 0.0140. The summed E-state index contributed by atoms with van der Waals surface area (Å²) in [5, 5.41) is 3.60. The summed E-state index contributed by atoms with van der Waals surface area (Å²) in [5.74, 6) is 0.561. The Hall–Kier alpha value is -2.59. The van der Waals surface area contributed by atoms with Crippen LogP contribution in [0.25, 0.3) is 0 Å². The molecule has 4 nitrogen and oxygen atoms in total. The second kappa shape index (κ2) is 7.20. The maximum absolute atomic E-state index is 13.1. The molecule has 138 valence electrons. The number of methoxy groups -OCH3 is 1. The summed E-state index contributed by atoms with van der Waals surface area (Å²) in [6, 6.07) is 15.2. The number of rotatable bonds is 3. The molecule has 2 atom stereocenters. The third-order valence-electron chi connectivity index (χ3n) is 5.40.